The number of carbonyl (C=O) groups is 1. The van der Waals surface area contributed by atoms with Gasteiger partial charge in [0.05, 0.1) is 12.1 Å². The first-order chi connectivity index (χ1) is 5.87. The topological polar surface area (TPSA) is 89.8 Å². The van der Waals surface area contributed by atoms with E-state index < -0.39 is 23.9 Å². The predicted molar refractivity (Wildman–Crippen MR) is 47.2 cm³/mol. The maximum absolute atomic E-state index is 10.3. The van der Waals surface area contributed by atoms with Crippen LogP contribution in [-0.4, -0.2) is 52.5 Å². The molecule has 0 radical (unpaired) electrons. The van der Waals surface area contributed by atoms with Crippen molar-refractivity contribution in [3.8, 4) is 0 Å². The summed E-state index contributed by atoms with van der Waals surface area (Å²) in [5.74, 6) is 0. The molecule has 0 aromatic rings. The van der Waals surface area contributed by atoms with Crippen LogP contribution in [0.4, 0.5) is 0 Å². The molecule has 0 rings (SSSR count). The molecule has 0 bridgehead atoms. The summed E-state index contributed by atoms with van der Waals surface area (Å²) in [7, 11) is 1.53. The van der Waals surface area contributed by atoms with Crippen molar-refractivity contribution in [3.63, 3.8) is 0 Å². The first-order valence-electron chi connectivity index (χ1n) is 4.09. The Bertz CT molecular complexity index is 170. The minimum atomic E-state index is -1.68. The molecule has 4 unspecified atom stereocenters. The molecular formula is C8H17NO4. The molecular weight excluding hydrogens is 174 g/mol. The van der Waals surface area contributed by atoms with E-state index in [2.05, 4.69) is 5.32 Å². The van der Waals surface area contributed by atoms with Gasteiger partial charge in [0.25, 0.3) is 0 Å². The molecule has 0 amide bonds. The fourth-order valence-electron chi connectivity index (χ4n) is 1.34. The predicted octanol–water partition coefficient (Wildman–Crippen LogP) is -1.73. The summed E-state index contributed by atoms with van der Waals surface area (Å²) in [4.78, 5) is 10.3. The Morgan fingerprint density at radius 1 is 1.46 bits per heavy atom. The second-order valence-electron chi connectivity index (χ2n) is 3.31. The maximum atomic E-state index is 10.3. The van der Waals surface area contributed by atoms with Crippen molar-refractivity contribution in [2.24, 2.45) is 0 Å². The Labute approximate surface area is 77.4 Å². The van der Waals surface area contributed by atoms with Gasteiger partial charge in [-0.25, -0.2) is 0 Å². The standard InChI is InChI=1S/C8H17NO4/c1-5(11)7(9-3)8(2,13)6(12)4-10/h4-7,9,11-13H,1-3H3. The molecule has 5 heteroatoms. The van der Waals surface area contributed by atoms with Gasteiger partial charge in [0, 0.05) is 0 Å². The van der Waals surface area contributed by atoms with E-state index in [9.17, 15) is 15.0 Å². The Morgan fingerprint density at radius 3 is 2.15 bits per heavy atom. The van der Waals surface area contributed by atoms with Gasteiger partial charge in [0.1, 0.15) is 11.7 Å². The van der Waals surface area contributed by atoms with E-state index in [1.165, 1.54) is 20.9 Å². The van der Waals surface area contributed by atoms with Crippen molar-refractivity contribution in [1.82, 2.24) is 5.32 Å². The Balaban J connectivity index is 4.65. The van der Waals surface area contributed by atoms with E-state index in [-0.39, 0.29) is 6.29 Å². The van der Waals surface area contributed by atoms with Crippen LogP contribution in [0.1, 0.15) is 13.8 Å². The third-order valence-electron chi connectivity index (χ3n) is 2.15. The van der Waals surface area contributed by atoms with Crippen LogP contribution in [0.25, 0.3) is 0 Å². The van der Waals surface area contributed by atoms with Crippen molar-refractivity contribution in [1.29, 1.82) is 0 Å². The minimum Gasteiger partial charge on any atom is -0.392 e. The van der Waals surface area contributed by atoms with E-state index in [1.54, 1.807) is 0 Å². The average molecular weight is 191 g/mol. The summed E-state index contributed by atoms with van der Waals surface area (Å²) >= 11 is 0. The van der Waals surface area contributed by atoms with Gasteiger partial charge in [0.2, 0.25) is 0 Å². The highest BCUT2D eigenvalue weighted by atomic mass is 16.4. The minimum absolute atomic E-state index is 0.243. The van der Waals surface area contributed by atoms with Crippen LogP contribution in [0.15, 0.2) is 0 Å². The second kappa shape index (κ2) is 4.66. The Morgan fingerprint density at radius 2 is 1.92 bits per heavy atom. The molecule has 0 saturated carbocycles. The molecule has 0 saturated heterocycles. The van der Waals surface area contributed by atoms with Crippen molar-refractivity contribution in [3.05, 3.63) is 0 Å². The van der Waals surface area contributed by atoms with Gasteiger partial charge in [-0.05, 0) is 20.9 Å². The van der Waals surface area contributed by atoms with Gasteiger partial charge >= 0.3 is 0 Å². The molecule has 5 nitrogen and oxygen atoms in total. The number of carbonyl (C=O) groups excluding carboxylic acids is 1. The Kier molecular flexibility index (Phi) is 4.49. The maximum Gasteiger partial charge on any atom is 0.151 e. The van der Waals surface area contributed by atoms with Gasteiger partial charge < -0.3 is 25.4 Å². The molecule has 0 heterocycles. The number of rotatable bonds is 5. The quantitative estimate of drug-likeness (QED) is 0.388. The lowest BCUT2D eigenvalue weighted by Crippen LogP contribution is -2.60. The van der Waals surface area contributed by atoms with Crippen LogP contribution in [0.2, 0.25) is 0 Å². The molecule has 0 aliphatic carbocycles. The first kappa shape index (κ1) is 12.5. The summed E-state index contributed by atoms with van der Waals surface area (Å²) in [6.07, 6.45) is -2.14. The van der Waals surface area contributed by atoms with Crippen molar-refractivity contribution >= 4 is 6.29 Å². The molecule has 0 spiro atoms. The summed E-state index contributed by atoms with van der Waals surface area (Å²) in [6.45, 7) is 2.76. The number of aliphatic hydroxyl groups is 3. The smallest absolute Gasteiger partial charge is 0.151 e. The molecule has 4 atom stereocenters. The van der Waals surface area contributed by atoms with Crippen molar-refractivity contribution in [2.45, 2.75) is 37.7 Å². The Hall–Kier alpha value is -0.490. The molecule has 78 valence electrons. The highest BCUT2D eigenvalue weighted by Crippen LogP contribution is 2.16. The van der Waals surface area contributed by atoms with Gasteiger partial charge in [-0.3, -0.25) is 0 Å². The van der Waals surface area contributed by atoms with Gasteiger partial charge in [-0.1, -0.05) is 0 Å². The summed E-state index contributed by atoms with van der Waals surface area (Å²) < 4.78 is 0. The number of hydrogen-bond donors (Lipinski definition) is 4. The van der Waals surface area contributed by atoms with E-state index in [4.69, 9.17) is 5.11 Å². The van der Waals surface area contributed by atoms with Crippen molar-refractivity contribution < 1.29 is 20.1 Å². The number of hydrogen-bond acceptors (Lipinski definition) is 5. The van der Waals surface area contributed by atoms with Crippen LogP contribution >= 0.6 is 0 Å². The number of likely N-dealkylation sites (N-methyl/N-ethyl adjacent to an activating group) is 1. The van der Waals surface area contributed by atoms with E-state index in [0.29, 0.717) is 0 Å². The average Bonchev–Trinajstić information content (AvgIpc) is 2.02. The zero-order valence-electron chi connectivity index (χ0n) is 8.06. The summed E-state index contributed by atoms with van der Waals surface area (Å²) in [6, 6.07) is -0.757. The van der Waals surface area contributed by atoms with Crippen LogP contribution in [0, 0.1) is 0 Å². The zero-order valence-corrected chi connectivity index (χ0v) is 8.06. The van der Waals surface area contributed by atoms with E-state index in [1.807, 2.05) is 0 Å². The third kappa shape index (κ3) is 2.73. The SMILES string of the molecule is CNC(C(C)O)C(C)(O)C(O)C=O. The molecule has 13 heavy (non-hydrogen) atoms. The lowest BCUT2D eigenvalue weighted by atomic mass is 9.88. The fourth-order valence-corrected chi connectivity index (χ4v) is 1.34. The van der Waals surface area contributed by atoms with Gasteiger partial charge in [0.15, 0.2) is 6.29 Å². The summed E-state index contributed by atoms with van der Waals surface area (Å²) in [5, 5.41) is 30.8. The lowest BCUT2D eigenvalue weighted by Gasteiger charge is -2.36. The second-order valence-corrected chi connectivity index (χ2v) is 3.31. The zero-order chi connectivity index (χ0) is 10.6. The van der Waals surface area contributed by atoms with Gasteiger partial charge in [-0.15, -0.1) is 0 Å². The van der Waals surface area contributed by atoms with Crippen LogP contribution in [0.5, 0.6) is 0 Å². The van der Waals surface area contributed by atoms with E-state index >= 15 is 0 Å². The van der Waals surface area contributed by atoms with Crippen molar-refractivity contribution in [2.75, 3.05) is 7.05 Å². The normalized spacial score (nSPS) is 22.9. The first-order valence-corrected chi connectivity index (χ1v) is 4.09. The highest BCUT2D eigenvalue weighted by Gasteiger charge is 2.40. The van der Waals surface area contributed by atoms with Crippen LogP contribution in [0.3, 0.4) is 0 Å². The summed E-state index contributed by atoms with van der Waals surface area (Å²) in [5.41, 5.74) is -1.68. The fraction of sp³-hybridized carbons (Fsp3) is 0.875. The largest absolute Gasteiger partial charge is 0.392 e. The van der Waals surface area contributed by atoms with Crippen LogP contribution in [-0.2, 0) is 4.79 Å². The number of aliphatic hydroxyl groups excluding tert-OH is 2. The highest BCUT2D eigenvalue weighted by molar-refractivity contribution is 5.58. The number of nitrogens with one attached hydrogen (secondary N) is 1. The number of aldehydes is 1. The monoisotopic (exact) mass is 191 g/mol. The molecule has 0 fully saturated rings. The molecule has 4 N–H and O–H groups in total. The molecule has 0 aliphatic heterocycles. The van der Waals surface area contributed by atoms with Crippen LogP contribution < -0.4 is 5.32 Å². The molecule has 0 aromatic carbocycles. The molecule has 0 aliphatic rings. The lowest BCUT2D eigenvalue weighted by molar-refractivity contribution is -0.137. The van der Waals surface area contributed by atoms with E-state index in [0.717, 1.165) is 0 Å². The van der Waals surface area contributed by atoms with Gasteiger partial charge in [-0.2, -0.15) is 0 Å². The third-order valence-corrected chi connectivity index (χ3v) is 2.15. The molecule has 0 aromatic heterocycles.